The van der Waals surface area contributed by atoms with Crippen LogP contribution in [0.2, 0.25) is 0 Å². The van der Waals surface area contributed by atoms with Crippen molar-refractivity contribution in [2.75, 3.05) is 14.2 Å². The van der Waals surface area contributed by atoms with Crippen molar-refractivity contribution in [1.82, 2.24) is 0 Å². The molecule has 0 fully saturated rings. The number of ether oxygens (including phenoxy) is 2. The minimum absolute atomic E-state index is 0.0285. The van der Waals surface area contributed by atoms with Gasteiger partial charge in [-0.15, -0.1) is 0 Å². The van der Waals surface area contributed by atoms with Gasteiger partial charge < -0.3 is 29.9 Å². The van der Waals surface area contributed by atoms with Crippen LogP contribution in [0.5, 0.6) is 23.0 Å². The number of carbonyl (C=O) groups is 2. The van der Waals surface area contributed by atoms with Gasteiger partial charge in [0.15, 0.2) is 23.0 Å². The summed E-state index contributed by atoms with van der Waals surface area (Å²) >= 11 is 0. The summed E-state index contributed by atoms with van der Waals surface area (Å²) in [5.41, 5.74) is 0.876. The summed E-state index contributed by atoms with van der Waals surface area (Å²) in [4.78, 5) is 22.0. The maximum Gasteiger partial charge on any atom is 0.307 e. The summed E-state index contributed by atoms with van der Waals surface area (Å²) in [7, 11) is 2.62. The molecule has 0 atom stereocenters. The van der Waals surface area contributed by atoms with Crippen molar-refractivity contribution in [2.45, 2.75) is 12.8 Å². The van der Waals surface area contributed by atoms with Gasteiger partial charge in [0.2, 0.25) is 0 Å². The molecule has 0 radical (unpaired) electrons. The topological polar surface area (TPSA) is 134 Å². The molecule has 0 unspecified atom stereocenters. The Bertz CT molecular complexity index is 785. The Kier molecular flexibility index (Phi) is 5.56. The molecule has 4 N–H and O–H groups in total. The lowest BCUT2D eigenvalue weighted by atomic mass is 9.96. The quantitative estimate of drug-likeness (QED) is 0.588. The Morgan fingerprint density at radius 2 is 1.12 bits per heavy atom. The zero-order valence-corrected chi connectivity index (χ0v) is 14.1. The third-order valence-electron chi connectivity index (χ3n) is 3.71. The fourth-order valence-corrected chi connectivity index (χ4v) is 2.60. The second-order valence-electron chi connectivity index (χ2n) is 5.53. The molecule has 0 saturated heterocycles. The molecule has 2 aromatic rings. The molecule has 0 heterocycles. The van der Waals surface area contributed by atoms with Crippen LogP contribution >= 0.6 is 0 Å². The lowest BCUT2D eigenvalue weighted by Crippen LogP contribution is -2.02. The highest BCUT2D eigenvalue weighted by Gasteiger charge is 2.20. The zero-order chi connectivity index (χ0) is 19.4. The Morgan fingerprint density at radius 1 is 0.769 bits per heavy atom. The lowest BCUT2D eigenvalue weighted by molar-refractivity contribution is -0.137. The molecule has 2 rings (SSSR count). The van der Waals surface area contributed by atoms with Crippen molar-refractivity contribution in [3.05, 3.63) is 35.4 Å². The van der Waals surface area contributed by atoms with Crippen LogP contribution in [0.3, 0.4) is 0 Å². The van der Waals surface area contributed by atoms with Crippen molar-refractivity contribution in [3.63, 3.8) is 0 Å². The van der Waals surface area contributed by atoms with Crippen LogP contribution in [0.15, 0.2) is 24.3 Å². The Morgan fingerprint density at radius 3 is 1.38 bits per heavy atom. The molecule has 8 nitrogen and oxygen atoms in total. The van der Waals surface area contributed by atoms with E-state index in [1.165, 1.54) is 38.5 Å². The number of aliphatic carboxylic acids is 2. The molecule has 0 bridgehead atoms. The van der Waals surface area contributed by atoms with Crippen LogP contribution < -0.4 is 9.47 Å². The molecule has 8 heteroatoms. The van der Waals surface area contributed by atoms with Crippen LogP contribution in [-0.2, 0) is 22.4 Å². The van der Waals surface area contributed by atoms with Gasteiger partial charge in [0.1, 0.15) is 0 Å². The number of phenolic OH excluding ortho intramolecular Hbond substituents is 2. The van der Waals surface area contributed by atoms with Gasteiger partial charge in [-0.2, -0.15) is 0 Å². The van der Waals surface area contributed by atoms with Crippen LogP contribution in [0, 0.1) is 0 Å². The molecule has 0 amide bonds. The van der Waals surface area contributed by atoms with Gasteiger partial charge in [0.05, 0.1) is 27.1 Å². The number of carboxylic acid groups (broad SMARTS) is 2. The minimum Gasteiger partial charge on any atom is -0.504 e. The third-order valence-corrected chi connectivity index (χ3v) is 3.71. The molecule has 0 saturated carbocycles. The van der Waals surface area contributed by atoms with Crippen molar-refractivity contribution in [3.8, 4) is 34.1 Å². The summed E-state index contributed by atoms with van der Waals surface area (Å²) in [6, 6.07) is 5.54. The van der Waals surface area contributed by atoms with Crippen molar-refractivity contribution in [1.29, 1.82) is 0 Å². The third kappa shape index (κ3) is 3.97. The van der Waals surface area contributed by atoms with E-state index in [1.54, 1.807) is 0 Å². The number of hydrogen-bond donors (Lipinski definition) is 4. The average molecular weight is 362 g/mol. The molecule has 0 aliphatic heterocycles. The molecule has 2 aromatic carbocycles. The molecular formula is C18H18O8. The van der Waals surface area contributed by atoms with Gasteiger partial charge in [0, 0.05) is 11.1 Å². The SMILES string of the molecule is COc1cc(CC(=O)O)cc(-c2cc(CC(=O)O)cc(OC)c2O)c1O. The highest BCUT2D eigenvalue weighted by atomic mass is 16.5. The van der Waals surface area contributed by atoms with Crippen LogP contribution in [-0.4, -0.2) is 46.6 Å². The van der Waals surface area contributed by atoms with Gasteiger partial charge >= 0.3 is 11.9 Å². The summed E-state index contributed by atoms with van der Waals surface area (Å²) in [5, 5.41) is 38.8. The Hall–Kier alpha value is -3.42. The van der Waals surface area contributed by atoms with Gasteiger partial charge in [-0.1, -0.05) is 0 Å². The summed E-state index contributed by atoms with van der Waals surface area (Å²) in [6.07, 6.45) is -0.646. The van der Waals surface area contributed by atoms with Crippen LogP contribution in [0.4, 0.5) is 0 Å². The maximum atomic E-state index is 11.0. The average Bonchev–Trinajstić information content (AvgIpc) is 2.56. The van der Waals surface area contributed by atoms with E-state index in [1.807, 2.05) is 0 Å². The van der Waals surface area contributed by atoms with E-state index in [4.69, 9.17) is 19.7 Å². The van der Waals surface area contributed by atoms with Crippen molar-refractivity contribution >= 4 is 11.9 Å². The second-order valence-corrected chi connectivity index (χ2v) is 5.53. The fourth-order valence-electron chi connectivity index (χ4n) is 2.60. The summed E-state index contributed by atoms with van der Waals surface area (Å²) in [5.74, 6) is -2.73. The fraction of sp³-hybridized carbons (Fsp3) is 0.222. The van der Waals surface area contributed by atoms with E-state index in [-0.39, 0.29) is 47.0 Å². The number of benzene rings is 2. The van der Waals surface area contributed by atoms with Crippen molar-refractivity contribution in [2.24, 2.45) is 0 Å². The van der Waals surface area contributed by atoms with E-state index >= 15 is 0 Å². The zero-order valence-electron chi connectivity index (χ0n) is 14.1. The van der Waals surface area contributed by atoms with Crippen LogP contribution in [0.25, 0.3) is 11.1 Å². The highest BCUT2D eigenvalue weighted by Crippen LogP contribution is 2.45. The monoisotopic (exact) mass is 362 g/mol. The molecule has 138 valence electrons. The molecule has 0 aromatic heterocycles. The van der Waals surface area contributed by atoms with E-state index in [9.17, 15) is 19.8 Å². The van der Waals surface area contributed by atoms with E-state index in [2.05, 4.69) is 0 Å². The lowest BCUT2D eigenvalue weighted by Gasteiger charge is -2.15. The molecule has 0 aliphatic rings. The predicted octanol–water partition coefficient (Wildman–Crippen LogP) is 2.04. The first-order valence-corrected chi connectivity index (χ1v) is 7.50. The highest BCUT2D eigenvalue weighted by molar-refractivity contribution is 5.83. The standard InChI is InChI=1S/C18H18O8/c1-25-13-5-9(7-15(19)20)3-11(17(13)23)12-4-10(8-16(21)22)6-14(26-2)18(12)24/h3-6,23-24H,7-8H2,1-2H3,(H,19,20)(H,21,22). The normalized spacial score (nSPS) is 10.4. The van der Waals surface area contributed by atoms with Crippen LogP contribution in [0.1, 0.15) is 11.1 Å². The van der Waals surface area contributed by atoms with E-state index in [0.29, 0.717) is 11.1 Å². The first-order chi connectivity index (χ1) is 12.3. The minimum atomic E-state index is -1.08. The second kappa shape index (κ2) is 7.64. The van der Waals surface area contributed by atoms with Gasteiger partial charge in [0.25, 0.3) is 0 Å². The number of phenols is 2. The van der Waals surface area contributed by atoms with E-state index < -0.39 is 11.9 Å². The number of methoxy groups -OCH3 is 2. The number of rotatable bonds is 7. The van der Waals surface area contributed by atoms with Gasteiger partial charge in [-0.3, -0.25) is 9.59 Å². The predicted molar refractivity (Wildman–Crippen MR) is 91.0 cm³/mol. The first kappa shape index (κ1) is 18.9. The molecule has 26 heavy (non-hydrogen) atoms. The van der Waals surface area contributed by atoms with E-state index in [0.717, 1.165) is 0 Å². The number of hydrogen-bond acceptors (Lipinski definition) is 6. The Balaban J connectivity index is 2.72. The first-order valence-electron chi connectivity index (χ1n) is 7.50. The molecular weight excluding hydrogens is 344 g/mol. The van der Waals surface area contributed by atoms with Gasteiger partial charge in [-0.25, -0.2) is 0 Å². The largest absolute Gasteiger partial charge is 0.504 e. The Labute approximate surface area is 148 Å². The smallest absolute Gasteiger partial charge is 0.307 e. The maximum absolute atomic E-state index is 11.0. The van der Waals surface area contributed by atoms with Gasteiger partial charge in [-0.05, 0) is 35.4 Å². The number of carboxylic acids is 2. The van der Waals surface area contributed by atoms with Crippen molar-refractivity contribution < 1.29 is 39.5 Å². The summed E-state index contributed by atoms with van der Waals surface area (Å²) in [6.45, 7) is 0. The summed E-state index contributed by atoms with van der Waals surface area (Å²) < 4.78 is 10.1. The molecule has 0 aliphatic carbocycles. The number of aromatic hydroxyl groups is 2. The molecule has 0 spiro atoms.